The lowest BCUT2D eigenvalue weighted by atomic mass is 10.1. The molecule has 0 atom stereocenters. The Bertz CT molecular complexity index is 1040. The van der Waals surface area contributed by atoms with Gasteiger partial charge in [0.2, 0.25) is 0 Å². The molecule has 9 heteroatoms. The summed E-state index contributed by atoms with van der Waals surface area (Å²) in [4.78, 5) is 15.1. The third kappa shape index (κ3) is 4.18. The Morgan fingerprint density at radius 1 is 1.25 bits per heavy atom. The number of furan rings is 1. The van der Waals surface area contributed by atoms with Gasteiger partial charge >= 0.3 is 12.1 Å². The zero-order valence-corrected chi connectivity index (χ0v) is 14.8. The van der Waals surface area contributed by atoms with Crippen LogP contribution >= 0.6 is 11.8 Å². The number of carboxylic acids is 1. The van der Waals surface area contributed by atoms with Gasteiger partial charge in [0, 0.05) is 5.75 Å². The third-order valence-electron chi connectivity index (χ3n) is 3.75. The average Bonchev–Trinajstić information content (AvgIpc) is 3.20. The molecular formula is C19H11F3N2O3S. The molecule has 0 aliphatic carbocycles. The van der Waals surface area contributed by atoms with Crippen LogP contribution in [0, 0.1) is 11.3 Å². The molecule has 28 heavy (non-hydrogen) atoms. The van der Waals surface area contributed by atoms with Crippen LogP contribution in [-0.4, -0.2) is 16.1 Å². The van der Waals surface area contributed by atoms with Gasteiger partial charge in [-0.25, -0.2) is 9.78 Å². The fourth-order valence-electron chi connectivity index (χ4n) is 2.40. The predicted molar refractivity (Wildman–Crippen MR) is 94.6 cm³/mol. The van der Waals surface area contributed by atoms with Gasteiger partial charge < -0.3 is 9.52 Å². The SMILES string of the molecule is N#Cc1c(C(F)(F)F)cc(-c2ccco2)nc1SCc1ccc(C(=O)O)cc1. The Morgan fingerprint density at radius 3 is 2.50 bits per heavy atom. The second kappa shape index (κ2) is 7.78. The molecule has 3 aromatic rings. The van der Waals surface area contributed by atoms with Gasteiger partial charge in [0.15, 0.2) is 5.76 Å². The first-order valence-electron chi connectivity index (χ1n) is 7.81. The maximum absolute atomic E-state index is 13.4. The Kier molecular flexibility index (Phi) is 5.42. The number of aromatic carboxylic acids is 1. The summed E-state index contributed by atoms with van der Waals surface area (Å²) in [6, 6.07) is 11.3. The zero-order valence-electron chi connectivity index (χ0n) is 14.0. The highest BCUT2D eigenvalue weighted by Crippen LogP contribution is 2.38. The van der Waals surface area contributed by atoms with E-state index in [1.165, 1.54) is 30.5 Å². The van der Waals surface area contributed by atoms with E-state index >= 15 is 0 Å². The van der Waals surface area contributed by atoms with Gasteiger partial charge in [-0.15, -0.1) is 11.8 Å². The fourth-order valence-corrected chi connectivity index (χ4v) is 3.36. The average molecular weight is 404 g/mol. The summed E-state index contributed by atoms with van der Waals surface area (Å²) < 4.78 is 45.5. The summed E-state index contributed by atoms with van der Waals surface area (Å²) in [5, 5.41) is 18.1. The minimum absolute atomic E-state index is 0.0277. The lowest BCUT2D eigenvalue weighted by Crippen LogP contribution is -2.10. The van der Waals surface area contributed by atoms with E-state index in [9.17, 15) is 23.2 Å². The van der Waals surface area contributed by atoms with Crippen molar-refractivity contribution in [2.75, 3.05) is 0 Å². The number of nitrogens with zero attached hydrogens (tertiary/aromatic N) is 2. The summed E-state index contributed by atoms with van der Waals surface area (Å²) in [6.07, 6.45) is -3.41. The second-order valence-corrected chi connectivity index (χ2v) is 6.58. The van der Waals surface area contributed by atoms with Crippen LogP contribution in [0.1, 0.15) is 27.0 Å². The number of rotatable bonds is 5. The molecule has 0 aliphatic rings. The number of nitriles is 1. The van der Waals surface area contributed by atoms with Crippen molar-refractivity contribution in [2.24, 2.45) is 0 Å². The number of alkyl halides is 3. The highest BCUT2D eigenvalue weighted by Gasteiger charge is 2.36. The van der Waals surface area contributed by atoms with Crippen molar-refractivity contribution < 1.29 is 27.5 Å². The first-order chi connectivity index (χ1) is 13.3. The number of pyridine rings is 1. The van der Waals surface area contributed by atoms with E-state index in [4.69, 9.17) is 9.52 Å². The fraction of sp³-hybridized carbons (Fsp3) is 0.105. The van der Waals surface area contributed by atoms with Gasteiger partial charge in [0.1, 0.15) is 16.8 Å². The normalized spacial score (nSPS) is 11.2. The third-order valence-corrected chi connectivity index (χ3v) is 4.80. The number of hydrogen-bond acceptors (Lipinski definition) is 5. The molecule has 0 unspecified atom stereocenters. The highest BCUT2D eigenvalue weighted by molar-refractivity contribution is 7.98. The molecule has 2 aromatic heterocycles. The minimum atomic E-state index is -4.73. The molecule has 0 radical (unpaired) electrons. The second-order valence-electron chi connectivity index (χ2n) is 5.61. The molecule has 3 rings (SSSR count). The van der Waals surface area contributed by atoms with Crippen LogP contribution in [0.3, 0.4) is 0 Å². The van der Waals surface area contributed by atoms with Crippen LogP contribution in [0.15, 0.2) is 58.2 Å². The minimum Gasteiger partial charge on any atom is -0.478 e. The number of thioether (sulfide) groups is 1. The van der Waals surface area contributed by atoms with E-state index in [0.29, 0.717) is 5.56 Å². The van der Waals surface area contributed by atoms with Gasteiger partial charge in [0.05, 0.1) is 23.0 Å². The number of carbonyl (C=O) groups is 1. The van der Waals surface area contributed by atoms with E-state index in [0.717, 1.165) is 17.8 Å². The van der Waals surface area contributed by atoms with Gasteiger partial charge in [-0.05, 0) is 35.9 Å². The summed E-state index contributed by atoms with van der Waals surface area (Å²) in [5.74, 6) is -0.711. The number of carboxylic acid groups (broad SMARTS) is 1. The first kappa shape index (κ1) is 19.5. The molecule has 0 aliphatic heterocycles. The van der Waals surface area contributed by atoms with Crippen LogP contribution in [0.4, 0.5) is 13.2 Å². The predicted octanol–water partition coefficient (Wildman–Crippen LogP) is 5.22. The standard InChI is InChI=1S/C19H11F3N2O3S/c20-19(21,22)14-8-15(16-2-1-7-27-16)24-17(13(14)9-23)28-10-11-3-5-12(6-4-11)18(25)26/h1-8H,10H2,(H,25,26). The van der Waals surface area contributed by atoms with Gasteiger partial charge in [-0.2, -0.15) is 18.4 Å². The lowest BCUT2D eigenvalue weighted by Gasteiger charge is -2.13. The van der Waals surface area contributed by atoms with E-state index in [1.807, 2.05) is 0 Å². The number of hydrogen-bond donors (Lipinski definition) is 1. The number of aromatic nitrogens is 1. The zero-order chi connectivity index (χ0) is 20.3. The molecule has 5 nitrogen and oxygen atoms in total. The van der Waals surface area contributed by atoms with E-state index in [1.54, 1.807) is 18.2 Å². The molecule has 1 aromatic carbocycles. The van der Waals surface area contributed by atoms with Crippen molar-refractivity contribution in [3.8, 4) is 17.5 Å². The Labute approximate surface area is 161 Å². The molecule has 0 amide bonds. The molecule has 0 saturated carbocycles. The molecule has 0 spiro atoms. The summed E-state index contributed by atoms with van der Waals surface area (Å²) >= 11 is 0.958. The molecule has 1 N–H and O–H groups in total. The topological polar surface area (TPSA) is 87.1 Å². The lowest BCUT2D eigenvalue weighted by molar-refractivity contribution is -0.138. The smallest absolute Gasteiger partial charge is 0.417 e. The first-order valence-corrected chi connectivity index (χ1v) is 8.79. The van der Waals surface area contributed by atoms with Crippen LogP contribution in [0.2, 0.25) is 0 Å². The van der Waals surface area contributed by atoms with Crippen LogP contribution in [0.25, 0.3) is 11.5 Å². The van der Waals surface area contributed by atoms with Crippen LogP contribution in [0.5, 0.6) is 0 Å². The maximum atomic E-state index is 13.4. The molecule has 0 fully saturated rings. The summed E-state index contributed by atoms with van der Waals surface area (Å²) in [6.45, 7) is 0. The van der Waals surface area contributed by atoms with Gasteiger partial charge in [-0.3, -0.25) is 0 Å². The number of halogens is 3. The molecule has 2 heterocycles. The van der Waals surface area contributed by atoms with Crippen molar-refractivity contribution in [3.05, 3.63) is 71.0 Å². The number of benzene rings is 1. The Hall–Kier alpha value is -3.25. The Morgan fingerprint density at radius 2 is 1.96 bits per heavy atom. The van der Waals surface area contributed by atoms with Crippen molar-refractivity contribution >= 4 is 17.7 Å². The van der Waals surface area contributed by atoms with E-state index < -0.39 is 23.3 Å². The summed E-state index contributed by atoms with van der Waals surface area (Å²) in [7, 11) is 0. The maximum Gasteiger partial charge on any atom is 0.417 e. The Balaban J connectivity index is 1.97. The van der Waals surface area contributed by atoms with E-state index in [2.05, 4.69) is 4.98 Å². The van der Waals surface area contributed by atoms with Crippen molar-refractivity contribution in [2.45, 2.75) is 17.0 Å². The molecular weight excluding hydrogens is 393 g/mol. The summed E-state index contributed by atoms with van der Waals surface area (Å²) in [5.41, 5.74) is -0.892. The van der Waals surface area contributed by atoms with Gasteiger partial charge in [0.25, 0.3) is 0 Å². The highest BCUT2D eigenvalue weighted by atomic mass is 32.2. The van der Waals surface area contributed by atoms with Crippen molar-refractivity contribution in [1.29, 1.82) is 5.26 Å². The van der Waals surface area contributed by atoms with Crippen molar-refractivity contribution in [1.82, 2.24) is 4.98 Å². The van der Waals surface area contributed by atoms with E-state index in [-0.39, 0.29) is 27.8 Å². The molecule has 0 bridgehead atoms. The monoisotopic (exact) mass is 404 g/mol. The largest absolute Gasteiger partial charge is 0.478 e. The van der Waals surface area contributed by atoms with Crippen LogP contribution in [-0.2, 0) is 11.9 Å². The molecule has 0 saturated heterocycles. The quantitative estimate of drug-likeness (QED) is 0.587. The van der Waals surface area contributed by atoms with Crippen molar-refractivity contribution in [3.63, 3.8) is 0 Å². The van der Waals surface area contributed by atoms with Crippen LogP contribution < -0.4 is 0 Å². The molecule has 142 valence electrons. The van der Waals surface area contributed by atoms with Gasteiger partial charge in [-0.1, -0.05) is 12.1 Å².